The molecule has 2 N–H and O–H groups in total. The van der Waals surface area contributed by atoms with E-state index in [0.717, 1.165) is 22.5 Å². The molecule has 2 aromatic rings. The molecule has 0 spiro atoms. The second kappa shape index (κ2) is 7.78. The van der Waals surface area contributed by atoms with Gasteiger partial charge in [0, 0.05) is 25.8 Å². The molecular weight excluding hydrogens is 471 g/mol. The Morgan fingerprint density at radius 3 is 2.61 bits per heavy atom. The Balaban J connectivity index is 1.72. The van der Waals surface area contributed by atoms with E-state index >= 15 is 0 Å². The summed E-state index contributed by atoms with van der Waals surface area (Å²) in [5, 5.41) is -0.329. The van der Waals surface area contributed by atoms with Crippen molar-refractivity contribution in [1.29, 1.82) is 0 Å². The number of fused-ring (bicyclic) bond motifs is 1. The highest BCUT2D eigenvalue weighted by atomic mass is 35.5. The Bertz CT molecular complexity index is 1240. The number of likely N-dealkylation sites (N-methyl/N-ethyl adjacent to an activating group) is 1. The van der Waals surface area contributed by atoms with Gasteiger partial charge in [-0.15, -0.1) is 0 Å². The Kier molecular flexibility index (Phi) is 5.54. The Labute approximate surface area is 185 Å². The number of anilines is 2. The van der Waals surface area contributed by atoms with Crippen molar-refractivity contribution < 1.29 is 26.0 Å². The molecule has 0 aliphatic carbocycles. The zero-order valence-electron chi connectivity index (χ0n) is 16.4. The number of benzene rings is 2. The average Bonchev–Trinajstić information content (AvgIpc) is 2.96. The van der Waals surface area contributed by atoms with Crippen molar-refractivity contribution in [2.24, 2.45) is 0 Å². The van der Waals surface area contributed by atoms with Gasteiger partial charge >= 0.3 is 0 Å². The Hall–Kier alpha value is -2.12. The third kappa shape index (κ3) is 3.94. The lowest BCUT2D eigenvalue weighted by molar-refractivity contribution is 0.173. The van der Waals surface area contributed by atoms with Crippen LogP contribution >= 0.6 is 11.6 Å². The van der Waals surface area contributed by atoms with Crippen LogP contribution in [-0.4, -0.2) is 64.8 Å². The van der Waals surface area contributed by atoms with Crippen molar-refractivity contribution in [3.63, 3.8) is 0 Å². The zero-order valence-corrected chi connectivity index (χ0v) is 18.8. The number of hydrogen-bond acceptors (Lipinski definition) is 6. The molecule has 2 aliphatic rings. The predicted octanol–water partition coefficient (Wildman–Crippen LogP) is 1.51. The van der Waals surface area contributed by atoms with E-state index in [1.165, 1.54) is 27.8 Å². The molecule has 4 rings (SSSR count). The summed E-state index contributed by atoms with van der Waals surface area (Å²) < 4.78 is 74.7. The van der Waals surface area contributed by atoms with Crippen molar-refractivity contribution in [2.45, 2.75) is 11.0 Å². The Morgan fingerprint density at radius 2 is 1.97 bits per heavy atom. The largest absolute Gasteiger partial charge is 0.485 e. The third-order valence-corrected chi connectivity index (χ3v) is 9.21. The molecule has 1 saturated heterocycles. The van der Waals surface area contributed by atoms with E-state index in [1.54, 1.807) is 6.07 Å². The van der Waals surface area contributed by atoms with E-state index in [0.29, 0.717) is 12.2 Å². The first-order chi connectivity index (χ1) is 14.5. The molecule has 2 heterocycles. The van der Waals surface area contributed by atoms with Gasteiger partial charge in [0.15, 0.2) is 0 Å². The van der Waals surface area contributed by atoms with Crippen molar-refractivity contribution in [1.82, 2.24) is 8.61 Å². The minimum Gasteiger partial charge on any atom is -0.485 e. The molecular formula is C18H20ClFN4O5S2. The summed E-state index contributed by atoms with van der Waals surface area (Å²) in [6, 6.07) is 7.66. The van der Waals surface area contributed by atoms with Gasteiger partial charge < -0.3 is 10.5 Å². The fraction of sp³-hybridized carbons (Fsp3) is 0.333. The van der Waals surface area contributed by atoms with Gasteiger partial charge in [-0.05, 0) is 36.4 Å². The van der Waals surface area contributed by atoms with Crippen LogP contribution < -0.4 is 14.8 Å². The maximum absolute atomic E-state index is 13.6. The van der Waals surface area contributed by atoms with Gasteiger partial charge in [0.2, 0.25) is 0 Å². The minimum atomic E-state index is -4.17. The van der Waals surface area contributed by atoms with Crippen LogP contribution in [0.15, 0.2) is 41.3 Å². The number of ether oxygens (including phenoxy) is 1. The SMILES string of the molecule is CN1CCN(CC2CN(S(=O)(=O)c3ccc(F)c(Cl)c3)c3cc(N)ccc3O2)S1(=O)=O. The number of sulfonamides is 1. The van der Waals surface area contributed by atoms with Crippen molar-refractivity contribution in [2.75, 3.05) is 43.3 Å². The fourth-order valence-corrected chi connectivity index (χ4v) is 6.65. The summed E-state index contributed by atoms with van der Waals surface area (Å²) in [6.07, 6.45) is -0.775. The molecule has 0 saturated carbocycles. The monoisotopic (exact) mass is 490 g/mol. The molecule has 2 aliphatic heterocycles. The molecule has 9 nitrogen and oxygen atoms in total. The Morgan fingerprint density at radius 1 is 1.23 bits per heavy atom. The topological polar surface area (TPSA) is 113 Å². The highest BCUT2D eigenvalue weighted by Gasteiger charge is 2.40. The average molecular weight is 491 g/mol. The first-order valence-corrected chi connectivity index (χ1v) is 12.5. The van der Waals surface area contributed by atoms with E-state index < -0.39 is 32.2 Å². The molecule has 0 bridgehead atoms. The summed E-state index contributed by atoms with van der Waals surface area (Å²) >= 11 is 5.79. The van der Waals surface area contributed by atoms with Crippen LogP contribution in [0.5, 0.6) is 5.75 Å². The molecule has 1 unspecified atom stereocenters. The second-order valence-corrected chi connectivity index (χ2v) is 11.6. The summed E-state index contributed by atoms with van der Waals surface area (Å²) in [4.78, 5) is -0.207. The lowest BCUT2D eigenvalue weighted by Gasteiger charge is -2.36. The molecule has 0 radical (unpaired) electrons. The summed E-state index contributed by atoms with van der Waals surface area (Å²) in [5.74, 6) is -0.499. The smallest absolute Gasteiger partial charge is 0.281 e. The number of nitrogens with two attached hydrogens (primary N) is 1. The van der Waals surface area contributed by atoms with E-state index in [9.17, 15) is 21.2 Å². The molecule has 168 valence electrons. The highest BCUT2D eigenvalue weighted by Crippen LogP contribution is 2.39. The van der Waals surface area contributed by atoms with Gasteiger partial charge in [0.25, 0.3) is 20.2 Å². The number of nitrogens with zero attached hydrogens (tertiary/aromatic N) is 3. The molecule has 1 atom stereocenters. The van der Waals surface area contributed by atoms with Gasteiger partial charge in [0.1, 0.15) is 17.7 Å². The van der Waals surface area contributed by atoms with Crippen LogP contribution in [0, 0.1) is 5.82 Å². The second-order valence-electron chi connectivity index (χ2n) is 7.27. The van der Waals surface area contributed by atoms with Crippen LogP contribution in [0.4, 0.5) is 15.8 Å². The third-order valence-electron chi connectivity index (χ3n) is 5.19. The van der Waals surface area contributed by atoms with Gasteiger partial charge in [-0.2, -0.15) is 17.0 Å². The fourth-order valence-electron chi connectivity index (χ4n) is 3.51. The molecule has 0 aromatic heterocycles. The normalized spacial score (nSPS) is 21.6. The molecule has 0 amide bonds. The van der Waals surface area contributed by atoms with E-state index in [4.69, 9.17) is 22.1 Å². The van der Waals surface area contributed by atoms with Gasteiger partial charge in [-0.25, -0.2) is 12.8 Å². The quantitative estimate of drug-likeness (QED) is 0.650. The van der Waals surface area contributed by atoms with Crippen LogP contribution in [0.1, 0.15) is 0 Å². The standard InChI is InChI=1S/C18H20ClFN4O5S2/c1-22-6-7-23(31(22,27)28)10-13-11-24(17-8-12(21)2-5-18(17)29-13)30(25,26)14-3-4-16(20)15(19)9-14/h2-5,8-9,13H,6-7,10-11,21H2,1H3. The van der Waals surface area contributed by atoms with E-state index in [-0.39, 0.29) is 41.0 Å². The van der Waals surface area contributed by atoms with Gasteiger partial charge in [-0.3, -0.25) is 4.31 Å². The van der Waals surface area contributed by atoms with Crippen LogP contribution in [-0.2, 0) is 20.2 Å². The number of halogens is 2. The lowest BCUT2D eigenvalue weighted by Crippen LogP contribution is -2.49. The molecule has 13 heteroatoms. The van der Waals surface area contributed by atoms with Crippen molar-refractivity contribution in [3.05, 3.63) is 47.2 Å². The summed E-state index contributed by atoms with van der Waals surface area (Å²) in [7, 11) is -6.32. The molecule has 2 aromatic carbocycles. The molecule has 31 heavy (non-hydrogen) atoms. The van der Waals surface area contributed by atoms with Gasteiger partial charge in [-0.1, -0.05) is 11.6 Å². The first-order valence-electron chi connectivity index (χ1n) is 9.25. The zero-order chi connectivity index (χ0) is 22.6. The molecule has 1 fully saturated rings. The number of rotatable bonds is 4. The summed E-state index contributed by atoms with van der Waals surface area (Å²) in [5.41, 5.74) is 6.37. The predicted molar refractivity (Wildman–Crippen MR) is 114 cm³/mol. The van der Waals surface area contributed by atoms with Crippen LogP contribution in [0.25, 0.3) is 0 Å². The van der Waals surface area contributed by atoms with Crippen molar-refractivity contribution in [3.8, 4) is 5.75 Å². The number of nitrogen functional groups attached to an aromatic ring is 1. The number of hydrogen-bond donors (Lipinski definition) is 1. The van der Waals surface area contributed by atoms with E-state index in [2.05, 4.69) is 0 Å². The first kappa shape index (κ1) is 22.1. The van der Waals surface area contributed by atoms with E-state index in [1.807, 2.05) is 0 Å². The minimum absolute atomic E-state index is 0.0350. The van der Waals surface area contributed by atoms with Gasteiger partial charge in [0.05, 0.1) is 28.7 Å². The maximum Gasteiger partial charge on any atom is 0.281 e. The highest BCUT2D eigenvalue weighted by molar-refractivity contribution is 7.92. The van der Waals surface area contributed by atoms with Crippen molar-refractivity contribution >= 4 is 43.2 Å². The van der Waals surface area contributed by atoms with Crippen LogP contribution in [0.3, 0.4) is 0 Å². The van der Waals surface area contributed by atoms with Crippen LogP contribution in [0.2, 0.25) is 5.02 Å². The summed E-state index contributed by atoms with van der Waals surface area (Å²) in [6.45, 7) is 0.405. The maximum atomic E-state index is 13.6. The lowest BCUT2D eigenvalue weighted by atomic mass is 10.2.